The molecule has 184 valence electrons. The summed E-state index contributed by atoms with van der Waals surface area (Å²) in [5.74, 6) is -1.28. The minimum absolute atomic E-state index is 0.0544. The molecule has 0 atom stereocenters. The fourth-order valence-electron chi connectivity index (χ4n) is 3.43. The first-order valence-electron chi connectivity index (χ1n) is 10.8. The lowest BCUT2D eigenvalue weighted by Gasteiger charge is -2.18. The molecule has 0 aliphatic carbocycles. The summed E-state index contributed by atoms with van der Waals surface area (Å²) in [7, 11) is -3.97. The Morgan fingerprint density at radius 1 is 1.06 bits per heavy atom. The van der Waals surface area contributed by atoms with Gasteiger partial charge in [0.1, 0.15) is 17.5 Å². The zero-order chi connectivity index (χ0) is 25.6. The lowest BCUT2D eigenvalue weighted by molar-refractivity contribution is 0.584. The molecule has 0 unspecified atom stereocenters. The minimum atomic E-state index is -3.97. The molecule has 0 aromatic heterocycles. The summed E-state index contributed by atoms with van der Waals surface area (Å²) in [6, 6.07) is 15.1. The highest BCUT2D eigenvalue weighted by molar-refractivity contribution is 7.89. The van der Waals surface area contributed by atoms with Gasteiger partial charge in [-0.3, -0.25) is 4.99 Å². The fraction of sp³-hybridized carbons (Fsp3) is 0.160. The van der Waals surface area contributed by atoms with Crippen molar-refractivity contribution in [2.45, 2.75) is 24.8 Å². The van der Waals surface area contributed by atoms with Gasteiger partial charge in [-0.25, -0.2) is 22.3 Å². The number of benzene rings is 3. The highest BCUT2D eigenvalue weighted by Crippen LogP contribution is 2.27. The molecule has 0 aliphatic heterocycles. The zero-order valence-electron chi connectivity index (χ0n) is 19.2. The summed E-state index contributed by atoms with van der Waals surface area (Å²) in [6.07, 6.45) is 0.729. The molecule has 0 fully saturated rings. The van der Waals surface area contributed by atoms with E-state index in [4.69, 9.17) is 10.9 Å². The Kier molecular flexibility index (Phi) is 8.21. The van der Waals surface area contributed by atoms with E-state index in [-0.39, 0.29) is 34.2 Å². The molecule has 7 nitrogen and oxygen atoms in total. The van der Waals surface area contributed by atoms with E-state index in [9.17, 15) is 17.2 Å². The SMILES string of the molecule is C=C(NC(=NCc1ccccc1S(N)(=O)=O)c1ccccc1N)c1cc(F)cc(F)c1NCCC. The summed E-state index contributed by atoms with van der Waals surface area (Å²) >= 11 is 0. The smallest absolute Gasteiger partial charge is 0.238 e. The van der Waals surface area contributed by atoms with Gasteiger partial charge >= 0.3 is 0 Å². The number of nitrogens with zero attached hydrogens (tertiary/aromatic N) is 1. The Morgan fingerprint density at radius 3 is 2.43 bits per heavy atom. The van der Waals surface area contributed by atoms with Crippen molar-refractivity contribution in [3.05, 3.63) is 95.6 Å². The predicted molar refractivity (Wildman–Crippen MR) is 136 cm³/mol. The Bertz CT molecular complexity index is 1370. The lowest BCUT2D eigenvalue weighted by Crippen LogP contribution is -2.25. The third kappa shape index (κ3) is 6.43. The van der Waals surface area contributed by atoms with Gasteiger partial charge in [-0.05, 0) is 36.2 Å². The second-order valence-electron chi connectivity index (χ2n) is 7.75. The van der Waals surface area contributed by atoms with E-state index >= 15 is 0 Å². The van der Waals surface area contributed by atoms with Gasteiger partial charge in [0.05, 0.1) is 17.1 Å². The van der Waals surface area contributed by atoms with Crippen molar-refractivity contribution in [1.29, 1.82) is 0 Å². The van der Waals surface area contributed by atoms with Crippen LogP contribution in [0, 0.1) is 11.6 Å². The standard InChI is InChI=1S/C25H27F2N5O2S/c1-3-12-30-24-20(13-18(26)14-21(24)27)16(2)32-25(19-9-5-6-10-22(19)28)31-15-17-8-4-7-11-23(17)35(29,33)34/h4-11,13-14,30H,2-3,12,15,28H2,1H3,(H,31,32)(H2,29,33,34). The molecule has 10 heteroatoms. The molecule has 0 saturated carbocycles. The van der Waals surface area contributed by atoms with Crippen molar-refractivity contribution in [1.82, 2.24) is 5.32 Å². The van der Waals surface area contributed by atoms with E-state index in [1.165, 1.54) is 12.1 Å². The highest BCUT2D eigenvalue weighted by Gasteiger charge is 2.17. The summed E-state index contributed by atoms with van der Waals surface area (Å²) in [5, 5.41) is 11.3. The molecule has 0 spiro atoms. The maximum absolute atomic E-state index is 14.6. The van der Waals surface area contributed by atoms with E-state index in [2.05, 4.69) is 22.2 Å². The van der Waals surface area contributed by atoms with Gasteiger partial charge in [0.2, 0.25) is 10.0 Å². The molecular weight excluding hydrogens is 472 g/mol. The number of nitrogens with two attached hydrogens (primary N) is 2. The van der Waals surface area contributed by atoms with E-state index in [0.29, 0.717) is 23.4 Å². The first-order valence-corrected chi connectivity index (χ1v) is 12.4. The van der Waals surface area contributed by atoms with Crippen molar-refractivity contribution in [3.8, 4) is 0 Å². The van der Waals surface area contributed by atoms with Crippen molar-refractivity contribution < 1.29 is 17.2 Å². The molecule has 0 saturated heterocycles. The number of amidine groups is 1. The summed E-state index contributed by atoms with van der Waals surface area (Å²) < 4.78 is 52.6. The van der Waals surface area contributed by atoms with Crippen LogP contribution in [0.5, 0.6) is 0 Å². The number of para-hydroxylation sites is 1. The molecular formula is C25H27F2N5O2S. The van der Waals surface area contributed by atoms with Crippen LogP contribution in [-0.4, -0.2) is 20.8 Å². The zero-order valence-corrected chi connectivity index (χ0v) is 20.0. The number of anilines is 2. The quantitative estimate of drug-likeness (QED) is 0.199. The molecule has 0 heterocycles. The van der Waals surface area contributed by atoms with E-state index in [1.807, 2.05) is 6.92 Å². The van der Waals surface area contributed by atoms with Crippen LogP contribution < -0.4 is 21.5 Å². The molecule has 3 aromatic rings. The molecule has 35 heavy (non-hydrogen) atoms. The maximum Gasteiger partial charge on any atom is 0.238 e. The molecule has 0 amide bonds. The normalized spacial score (nSPS) is 11.8. The van der Waals surface area contributed by atoms with Crippen LogP contribution in [0.15, 0.2) is 77.1 Å². The largest absolute Gasteiger partial charge is 0.398 e. The number of nitrogens with one attached hydrogen (secondary N) is 2. The Morgan fingerprint density at radius 2 is 1.74 bits per heavy atom. The van der Waals surface area contributed by atoms with E-state index in [0.717, 1.165) is 12.5 Å². The summed E-state index contributed by atoms with van der Waals surface area (Å²) in [6.45, 7) is 6.29. The van der Waals surface area contributed by atoms with Gasteiger partial charge < -0.3 is 16.4 Å². The summed E-state index contributed by atoms with van der Waals surface area (Å²) in [4.78, 5) is 4.48. The molecule has 3 aromatic carbocycles. The van der Waals surface area contributed by atoms with Gasteiger partial charge in [-0.15, -0.1) is 0 Å². The van der Waals surface area contributed by atoms with Crippen LogP contribution in [0.2, 0.25) is 0 Å². The second-order valence-corrected chi connectivity index (χ2v) is 9.28. The van der Waals surface area contributed by atoms with Crippen molar-refractivity contribution in [2.24, 2.45) is 10.1 Å². The Hall–Kier alpha value is -3.76. The number of rotatable bonds is 9. The summed E-state index contributed by atoms with van der Waals surface area (Å²) in [5.41, 5.74) is 7.87. The number of sulfonamides is 1. The molecule has 0 aliphatic rings. The lowest BCUT2D eigenvalue weighted by atomic mass is 10.1. The number of aliphatic imine (C=N–C) groups is 1. The first kappa shape index (κ1) is 25.9. The third-order valence-electron chi connectivity index (χ3n) is 5.10. The van der Waals surface area contributed by atoms with Crippen LogP contribution in [0.3, 0.4) is 0 Å². The molecule has 3 rings (SSSR count). The Labute approximate surface area is 203 Å². The van der Waals surface area contributed by atoms with E-state index < -0.39 is 21.7 Å². The maximum atomic E-state index is 14.6. The average molecular weight is 500 g/mol. The first-order chi connectivity index (χ1) is 16.6. The topological polar surface area (TPSA) is 123 Å². The third-order valence-corrected chi connectivity index (χ3v) is 6.12. The molecule has 0 radical (unpaired) electrons. The predicted octanol–water partition coefficient (Wildman–Crippen LogP) is 4.22. The number of hydrogen-bond acceptors (Lipinski definition) is 5. The number of nitrogen functional groups attached to an aromatic ring is 1. The van der Waals surface area contributed by atoms with Gasteiger partial charge in [0.15, 0.2) is 0 Å². The van der Waals surface area contributed by atoms with Gasteiger partial charge in [0.25, 0.3) is 0 Å². The van der Waals surface area contributed by atoms with E-state index in [1.54, 1.807) is 42.5 Å². The van der Waals surface area contributed by atoms with Crippen molar-refractivity contribution in [2.75, 3.05) is 17.6 Å². The van der Waals surface area contributed by atoms with Gasteiger partial charge in [0, 0.05) is 35.1 Å². The minimum Gasteiger partial charge on any atom is -0.398 e. The highest BCUT2D eigenvalue weighted by atomic mass is 32.2. The monoisotopic (exact) mass is 499 g/mol. The van der Waals surface area contributed by atoms with Crippen LogP contribution in [0.1, 0.15) is 30.0 Å². The van der Waals surface area contributed by atoms with Crippen LogP contribution in [0.25, 0.3) is 5.70 Å². The van der Waals surface area contributed by atoms with Gasteiger partial charge in [-0.2, -0.15) is 0 Å². The number of halogens is 2. The van der Waals surface area contributed by atoms with Crippen LogP contribution in [-0.2, 0) is 16.6 Å². The van der Waals surface area contributed by atoms with Crippen LogP contribution >= 0.6 is 0 Å². The number of primary sulfonamides is 1. The molecule has 6 N–H and O–H groups in total. The van der Waals surface area contributed by atoms with Crippen molar-refractivity contribution >= 4 is 32.9 Å². The number of hydrogen-bond donors (Lipinski definition) is 4. The van der Waals surface area contributed by atoms with Crippen LogP contribution in [0.4, 0.5) is 20.2 Å². The molecule has 0 bridgehead atoms. The Balaban J connectivity index is 2.04. The second kappa shape index (κ2) is 11.1. The fourth-order valence-corrected chi connectivity index (χ4v) is 4.20. The van der Waals surface area contributed by atoms with Gasteiger partial charge in [-0.1, -0.05) is 43.8 Å². The van der Waals surface area contributed by atoms with Crippen molar-refractivity contribution in [3.63, 3.8) is 0 Å². The average Bonchev–Trinajstić information content (AvgIpc) is 2.80.